The van der Waals surface area contributed by atoms with E-state index in [2.05, 4.69) is 5.10 Å². The molecule has 0 fully saturated rings. The van der Waals surface area contributed by atoms with E-state index < -0.39 is 11.3 Å². The van der Waals surface area contributed by atoms with Crippen LogP contribution in [0, 0.1) is 12.7 Å². The van der Waals surface area contributed by atoms with E-state index in [0.29, 0.717) is 30.5 Å². The Morgan fingerprint density at radius 2 is 2.00 bits per heavy atom. The minimum atomic E-state index is -1.15. The van der Waals surface area contributed by atoms with Gasteiger partial charge >= 0.3 is 0 Å². The number of hydroxylamine groups is 1. The summed E-state index contributed by atoms with van der Waals surface area (Å²) in [6, 6.07) is 14.6. The lowest BCUT2D eigenvalue weighted by Gasteiger charge is -2.29. The van der Waals surface area contributed by atoms with Crippen LogP contribution in [0.4, 0.5) is 4.39 Å². The van der Waals surface area contributed by atoms with Gasteiger partial charge in [0.2, 0.25) is 0 Å². The van der Waals surface area contributed by atoms with Crippen molar-refractivity contribution in [1.29, 1.82) is 0 Å². The minimum Gasteiger partial charge on any atom is -0.289 e. The van der Waals surface area contributed by atoms with E-state index in [4.69, 9.17) is 0 Å². The van der Waals surface area contributed by atoms with Crippen molar-refractivity contribution < 1.29 is 14.4 Å². The van der Waals surface area contributed by atoms with E-state index in [-0.39, 0.29) is 5.82 Å². The lowest BCUT2D eigenvalue weighted by Crippen LogP contribution is -2.43. The summed E-state index contributed by atoms with van der Waals surface area (Å²) in [6.45, 7) is 2.23. The zero-order chi connectivity index (χ0) is 19.0. The number of halogens is 1. The molecule has 5 nitrogen and oxygen atoms in total. The maximum Gasteiger partial charge on any atom is 0.258 e. The van der Waals surface area contributed by atoms with Gasteiger partial charge in [-0.1, -0.05) is 42.5 Å². The van der Waals surface area contributed by atoms with Gasteiger partial charge in [0.1, 0.15) is 11.2 Å². The molecule has 1 amide bonds. The van der Waals surface area contributed by atoms with Gasteiger partial charge in [-0.15, -0.1) is 0 Å². The zero-order valence-electron chi connectivity index (χ0n) is 14.9. The summed E-state index contributed by atoms with van der Waals surface area (Å²) < 4.78 is 16.0. The van der Waals surface area contributed by atoms with Crippen LogP contribution in [0.2, 0.25) is 0 Å². The van der Waals surface area contributed by atoms with Crippen LogP contribution >= 0.6 is 0 Å². The number of rotatable bonds is 4. The Morgan fingerprint density at radius 1 is 1.22 bits per heavy atom. The summed E-state index contributed by atoms with van der Waals surface area (Å²) in [5, 5.41) is 14.1. The van der Waals surface area contributed by atoms with Gasteiger partial charge in [-0.05, 0) is 42.5 Å². The fourth-order valence-corrected chi connectivity index (χ4v) is 4.10. The number of nitrogens with one attached hydrogen (secondary N) is 1. The van der Waals surface area contributed by atoms with Crippen molar-refractivity contribution in [3.63, 3.8) is 0 Å². The summed E-state index contributed by atoms with van der Waals surface area (Å²) in [5.74, 6) is -0.933. The largest absolute Gasteiger partial charge is 0.289 e. The van der Waals surface area contributed by atoms with Gasteiger partial charge < -0.3 is 0 Å². The van der Waals surface area contributed by atoms with E-state index in [0.717, 1.165) is 16.8 Å². The molecule has 3 aromatic rings. The summed E-state index contributed by atoms with van der Waals surface area (Å²) in [4.78, 5) is 12.8. The van der Waals surface area contributed by atoms with Crippen LogP contribution in [-0.4, -0.2) is 20.9 Å². The Morgan fingerprint density at radius 3 is 2.74 bits per heavy atom. The first-order valence-electron chi connectivity index (χ1n) is 8.87. The van der Waals surface area contributed by atoms with Gasteiger partial charge in [-0.2, -0.15) is 5.10 Å². The van der Waals surface area contributed by atoms with Crippen molar-refractivity contribution in [2.45, 2.75) is 31.7 Å². The van der Waals surface area contributed by atoms with Gasteiger partial charge in [0.05, 0.1) is 12.2 Å². The number of aromatic nitrogens is 2. The quantitative estimate of drug-likeness (QED) is 0.551. The second-order valence-corrected chi connectivity index (χ2v) is 6.93. The van der Waals surface area contributed by atoms with Crippen LogP contribution in [0.15, 0.2) is 54.7 Å². The molecule has 1 aliphatic carbocycles. The Labute approximate surface area is 156 Å². The van der Waals surface area contributed by atoms with E-state index in [1.165, 1.54) is 6.07 Å². The Kier molecular flexibility index (Phi) is 4.28. The number of carbonyl (C=O) groups is 1. The van der Waals surface area contributed by atoms with Gasteiger partial charge in [0.15, 0.2) is 0 Å². The first-order chi connectivity index (χ1) is 13.1. The van der Waals surface area contributed by atoms with Crippen molar-refractivity contribution in [2.24, 2.45) is 0 Å². The highest BCUT2D eigenvalue weighted by Gasteiger charge is 2.49. The molecular weight excluding hydrogens is 345 g/mol. The molecule has 138 valence electrons. The molecule has 6 heteroatoms. The summed E-state index contributed by atoms with van der Waals surface area (Å²) >= 11 is 0. The number of benzene rings is 2. The molecule has 1 aliphatic rings. The molecule has 0 radical (unpaired) electrons. The van der Waals surface area contributed by atoms with E-state index in [1.807, 2.05) is 36.5 Å². The van der Waals surface area contributed by atoms with Crippen molar-refractivity contribution in [3.8, 4) is 0 Å². The summed E-state index contributed by atoms with van der Waals surface area (Å²) in [7, 11) is 0. The van der Waals surface area contributed by atoms with Gasteiger partial charge in [-0.25, -0.2) is 9.87 Å². The topological polar surface area (TPSA) is 67.2 Å². The van der Waals surface area contributed by atoms with Crippen LogP contribution < -0.4 is 5.48 Å². The van der Waals surface area contributed by atoms with Crippen molar-refractivity contribution in [3.05, 3.63) is 88.5 Å². The predicted octanol–water partition coefficient (Wildman–Crippen LogP) is 3.12. The number of hydrogen-bond donors (Lipinski definition) is 2. The van der Waals surface area contributed by atoms with Crippen molar-refractivity contribution in [2.75, 3.05) is 0 Å². The fourth-order valence-electron chi connectivity index (χ4n) is 4.10. The monoisotopic (exact) mass is 365 g/mol. The molecule has 27 heavy (non-hydrogen) atoms. The molecule has 4 rings (SSSR count). The molecule has 2 aromatic carbocycles. The second kappa shape index (κ2) is 6.63. The molecule has 1 aromatic heterocycles. The molecule has 0 bridgehead atoms. The lowest BCUT2D eigenvalue weighted by atomic mass is 9.74. The van der Waals surface area contributed by atoms with E-state index in [1.54, 1.807) is 29.2 Å². The van der Waals surface area contributed by atoms with Crippen LogP contribution in [0.3, 0.4) is 0 Å². The summed E-state index contributed by atoms with van der Waals surface area (Å²) in [6.07, 6.45) is 2.86. The molecule has 0 unspecified atom stereocenters. The lowest BCUT2D eigenvalue weighted by molar-refractivity contribution is -0.133. The normalized spacial score (nSPS) is 18.3. The Bertz CT molecular complexity index is 1000. The van der Waals surface area contributed by atoms with Crippen LogP contribution in [0.5, 0.6) is 0 Å². The third-order valence-electron chi connectivity index (χ3n) is 5.44. The number of hydrogen-bond acceptors (Lipinski definition) is 3. The number of aryl methyl sites for hydroxylation is 1. The average molecular weight is 365 g/mol. The standard InChI is InChI=1S/C21H20FN3O2/c1-14-16(8-5-9-18(14)22)21(20(26)24-27)11-10-19-17(21)13-25(23-19)12-15-6-3-2-4-7-15/h2-9,13,27H,10-12H2,1H3,(H,24,26)/t21-/m1/s1. The van der Waals surface area contributed by atoms with Crippen molar-refractivity contribution >= 4 is 5.91 Å². The molecule has 2 N–H and O–H groups in total. The van der Waals surface area contributed by atoms with Gasteiger partial charge in [0.25, 0.3) is 5.91 Å². The summed E-state index contributed by atoms with van der Waals surface area (Å²) in [5.41, 5.74) is 4.24. The third-order valence-corrected chi connectivity index (χ3v) is 5.44. The van der Waals surface area contributed by atoms with Gasteiger partial charge in [0, 0.05) is 11.8 Å². The number of nitrogens with zero attached hydrogens (tertiary/aromatic N) is 2. The highest BCUT2D eigenvalue weighted by atomic mass is 19.1. The second-order valence-electron chi connectivity index (χ2n) is 6.93. The smallest absolute Gasteiger partial charge is 0.258 e. The first kappa shape index (κ1) is 17.4. The molecule has 1 atom stereocenters. The molecule has 1 heterocycles. The number of fused-ring (bicyclic) bond motifs is 1. The SMILES string of the molecule is Cc1c(F)cccc1[C@]1(C(=O)NO)CCc2nn(Cc3ccccc3)cc21. The maximum atomic E-state index is 14.2. The van der Waals surface area contributed by atoms with E-state index in [9.17, 15) is 14.4 Å². The van der Waals surface area contributed by atoms with Crippen LogP contribution in [-0.2, 0) is 23.2 Å². The maximum absolute atomic E-state index is 14.2. The van der Waals surface area contributed by atoms with Crippen LogP contribution in [0.25, 0.3) is 0 Å². The molecule has 0 aliphatic heterocycles. The molecular formula is C21H20FN3O2. The molecule has 0 spiro atoms. The molecule has 0 saturated heterocycles. The number of carbonyl (C=O) groups excluding carboxylic acids is 1. The highest BCUT2D eigenvalue weighted by Crippen LogP contribution is 2.45. The predicted molar refractivity (Wildman–Crippen MR) is 97.9 cm³/mol. The first-order valence-corrected chi connectivity index (χ1v) is 8.87. The van der Waals surface area contributed by atoms with Crippen LogP contribution in [0.1, 0.15) is 34.4 Å². The average Bonchev–Trinajstić information content (AvgIpc) is 3.23. The highest BCUT2D eigenvalue weighted by molar-refractivity contribution is 5.93. The Hall–Kier alpha value is -2.99. The Balaban J connectivity index is 1.82. The third kappa shape index (κ3) is 2.73. The minimum absolute atomic E-state index is 0.372. The van der Waals surface area contributed by atoms with Gasteiger partial charge in [-0.3, -0.25) is 14.7 Å². The fraction of sp³-hybridized carbons (Fsp3) is 0.238. The van der Waals surface area contributed by atoms with E-state index >= 15 is 0 Å². The number of amides is 1. The zero-order valence-corrected chi connectivity index (χ0v) is 14.9. The molecule has 0 saturated carbocycles. The van der Waals surface area contributed by atoms with Crippen molar-refractivity contribution in [1.82, 2.24) is 15.3 Å².